The Labute approximate surface area is 289 Å². The first-order chi connectivity index (χ1) is 24.0. The summed E-state index contributed by atoms with van der Waals surface area (Å²) in [7, 11) is 0. The zero-order chi connectivity index (χ0) is 33.7. The van der Waals surface area contributed by atoms with Crippen molar-refractivity contribution >= 4 is 0 Å². The second-order valence-electron chi connectivity index (χ2n) is 13.3. The van der Waals surface area contributed by atoms with E-state index >= 15 is 0 Å². The minimum Gasteiger partial charge on any atom is -0.491 e. The predicted molar refractivity (Wildman–Crippen MR) is 178 cm³/mol. The Hall–Kier alpha value is -2.36. The van der Waals surface area contributed by atoms with Crippen LogP contribution in [0.5, 0.6) is 11.5 Å². The molecule has 6 rings (SSSR count). The molecule has 4 fully saturated rings. The highest BCUT2D eigenvalue weighted by Crippen LogP contribution is 2.33. The molecule has 0 radical (unpaired) electrons. The average Bonchev–Trinajstić information content (AvgIpc) is 3.93. The molecule has 0 spiro atoms. The summed E-state index contributed by atoms with van der Waals surface area (Å²) in [6, 6.07) is 16.5. The van der Waals surface area contributed by atoms with Crippen molar-refractivity contribution in [1.29, 1.82) is 0 Å². The summed E-state index contributed by atoms with van der Waals surface area (Å²) in [4.78, 5) is 0. The Morgan fingerprint density at radius 1 is 0.510 bits per heavy atom. The van der Waals surface area contributed by atoms with Crippen LogP contribution < -0.4 is 9.47 Å². The van der Waals surface area contributed by atoms with E-state index in [9.17, 15) is 0 Å². The lowest BCUT2D eigenvalue weighted by molar-refractivity contribution is -0.0516. The summed E-state index contributed by atoms with van der Waals surface area (Å²) < 4.78 is 67.8. The standard InChI is InChI=1S/C37H52O12/c1-37(2,27-3-7-29(8-4-27)42-19-31(46-23-35-25-48-35)15-38-11-13-40-17-33-21-44-33)28-5-9-30(10-6-28)43-20-32(47-24-36-26-49-36)16-39-12-14-41-18-34-22-45-34/h3-10,31-36H,11-26H2,1-2H3. The first kappa shape index (κ1) is 36.4. The number of rotatable bonds is 28. The first-order valence-corrected chi connectivity index (χ1v) is 17.5. The van der Waals surface area contributed by atoms with E-state index in [1.807, 2.05) is 24.3 Å². The fourth-order valence-corrected chi connectivity index (χ4v) is 5.01. The molecule has 2 aromatic rings. The monoisotopic (exact) mass is 688 g/mol. The summed E-state index contributed by atoms with van der Waals surface area (Å²) in [5, 5.41) is 0. The lowest BCUT2D eigenvalue weighted by atomic mass is 9.78. The SMILES string of the molecule is CC(C)(c1ccc(OCC(COCCOCC2CO2)OCC2CO2)cc1)c1ccc(OCC(COCCOCC2CO2)OCC2CO2)cc1. The minimum atomic E-state index is -0.230. The largest absolute Gasteiger partial charge is 0.491 e. The van der Waals surface area contributed by atoms with E-state index in [4.69, 9.17) is 56.8 Å². The lowest BCUT2D eigenvalue weighted by Gasteiger charge is -2.27. The molecule has 4 aliphatic heterocycles. The number of ether oxygens (including phenoxy) is 12. The lowest BCUT2D eigenvalue weighted by Crippen LogP contribution is -2.29. The van der Waals surface area contributed by atoms with Gasteiger partial charge in [-0.3, -0.25) is 0 Å². The highest BCUT2D eigenvalue weighted by atomic mass is 16.6. The molecule has 49 heavy (non-hydrogen) atoms. The van der Waals surface area contributed by atoms with E-state index in [0.29, 0.717) is 79.3 Å². The third-order valence-corrected chi connectivity index (χ3v) is 8.63. The third kappa shape index (κ3) is 13.7. The van der Waals surface area contributed by atoms with E-state index in [0.717, 1.165) is 37.9 Å². The van der Waals surface area contributed by atoms with Crippen LogP contribution in [0.4, 0.5) is 0 Å². The molecule has 272 valence electrons. The van der Waals surface area contributed by atoms with Gasteiger partial charge in [-0.15, -0.1) is 0 Å². The summed E-state index contributed by atoms with van der Waals surface area (Å²) in [5.41, 5.74) is 2.12. The molecule has 2 aromatic carbocycles. The molecule has 12 heteroatoms. The topological polar surface area (TPSA) is 124 Å². The van der Waals surface area contributed by atoms with Crippen molar-refractivity contribution in [3.05, 3.63) is 59.7 Å². The van der Waals surface area contributed by atoms with Gasteiger partial charge in [0, 0.05) is 5.41 Å². The van der Waals surface area contributed by atoms with E-state index in [2.05, 4.69) is 38.1 Å². The molecule has 0 saturated carbocycles. The Balaban J connectivity index is 0.924. The Bertz CT molecular complexity index is 1120. The summed E-state index contributed by atoms with van der Waals surface area (Å²) in [5.74, 6) is 1.56. The van der Waals surface area contributed by atoms with Crippen LogP contribution in [0, 0.1) is 0 Å². The fraction of sp³-hybridized carbons (Fsp3) is 0.676. The molecule has 4 aliphatic rings. The number of hydrogen-bond donors (Lipinski definition) is 0. The van der Waals surface area contributed by atoms with Crippen LogP contribution in [0.1, 0.15) is 25.0 Å². The molecular weight excluding hydrogens is 636 g/mol. The second kappa shape index (κ2) is 18.8. The van der Waals surface area contributed by atoms with Gasteiger partial charge in [-0.05, 0) is 35.4 Å². The van der Waals surface area contributed by atoms with E-state index in [-0.39, 0.29) is 42.0 Å². The van der Waals surface area contributed by atoms with Crippen LogP contribution in [0.25, 0.3) is 0 Å². The minimum absolute atomic E-state index is 0.174. The zero-order valence-corrected chi connectivity index (χ0v) is 28.8. The number of hydrogen-bond acceptors (Lipinski definition) is 12. The molecule has 6 atom stereocenters. The van der Waals surface area contributed by atoms with Gasteiger partial charge in [0.05, 0.1) is 92.5 Å². The van der Waals surface area contributed by atoms with Gasteiger partial charge in [0.1, 0.15) is 61.3 Å². The van der Waals surface area contributed by atoms with Crippen LogP contribution in [0.15, 0.2) is 48.5 Å². The molecule has 4 saturated heterocycles. The van der Waals surface area contributed by atoms with Gasteiger partial charge < -0.3 is 56.8 Å². The molecule has 12 nitrogen and oxygen atoms in total. The van der Waals surface area contributed by atoms with Crippen molar-refractivity contribution in [1.82, 2.24) is 0 Å². The van der Waals surface area contributed by atoms with Crippen molar-refractivity contribution in [2.24, 2.45) is 0 Å². The summed E-state index contributed by atoms with van der Waals surface area (Å²) in [6.45, 7) is 13.5. The van der Waals surface area contributed by atoms with Gasteiger partial charge in [0.25, 0.3) is 0 Å². The maximum absolute atomic E-state index is 6.11. The van der Waals surface area contributed by atoms with Crippen LogP contribution >= 0.6 is 0 Å². The van der Waals surface area contributed by atoms with Crippen molar-refractivity contribution in [2.45, 2.75) is 55.9 Å². The average molecular weight is 689 g/mol. The van der Waals surface area contributed by atoms with Crippen LogP contribution in [-0.4, -0.2) is 142 Å². The molecule has 0 bridgehead atoms. The van der Waals surface area contributed by atoms with Gasteiger partial charge in [-0.25, -0.2) is 0 Å². The Morgan fingerprint density at radius 3 is 1.22 bits per heavy atom. The molecule has 0 aliphatic carbocycles. The normalized spacial score (nSPS) is 23.6. The second-order valence-corrected chi connectivity index (χ2v) is 13.3. The van der Waals surface area contributed by atoms with Gasteiger partial charge >= 0.3 is 0 Å². The van der Waals surface area contributed by atoms with Crippen LogP contribution in [-0.2, 0) is 52.8 Å². The van der Waals surface area contributed by atoms with Gasteiger partial charge in [-0.2, -0.15) is 0 Å². The van der Waals surface area contributed by atoms with Gasteiger partial charge in [0.15, 0.2) is 0 Å². The highest BCUT2D eigenvalue weighted by molar-refractivity contribution is 5.41. The zero-order valence-electron chi connectivity index (χ0n) is 28.8. The van der Waals surface area contributed by atoms with Crippen molar-refractivity contribution in [3.63, 3.8) is 0 Å². The van der Waals surface area contributed by atoms with E-state index in [1.165, 1.54) is 11.1 Å². The van der Waals surface area contributed by atoms with Crippen molar-refractivity contribution in [2.75, 3.05) is 106 Å². The maximum atomic E-state index is 6.11. The van der Waals surface area contributed by atoms with Gasteiger partial charge in [0.2, 0.25) is 0 Å². The summed E-state index contributed by atoms with van der Waals surface area (Å²) >= 11 is 0. The van der Waals surface area contributed by atoms with E-state index in [1.54, 1.807) is 0 Å². The summed E-state index contributed by atoms with van der Waals surface area (Å²) in [6.07, 6.45) is 0.449. The maximum Gasteiger partial charge on any atom is 0.119 e. The quantitative estimate of drug-likeness (QED) is 0.0964. The molecular formula is C37H52O12. The smallest absolute Gasteiger partial charge is 0.119 e. The van der Waals surface area contributed by atoms with Crippen molar-refractivity contribution in [3.8, 4) is 11.5 Å². The van der Waals surface area contributed by atoms with Crippen LogP contribution in [0.3, 0.4) is 0 Å². The first-order valence-electron chi connectivity index (χ1n) is 17.5. The fourth-order valence-electron chi connectivity index (χ4n) is 5.01. The highest BCUT2D eigenvalue weighted by Gasteiger charge is 2.27. The molecule has 0 aromatic heterocycles. The molecule has 0 N–H and O–H groups in total. The number of epoxide rings is 4. The molecule has 6 unspecified atom stereocenters. The molecule has 4 heterocycles. The van der Waals surface area contributed by atoms with E-state index < -0.39 is 0 Å². The van der Waals surface area contributed by atoms with Crippen molar-refractivity contribution < 1.29 is 56.8 Å². The molecule has 0 amide bonds. The van der Waals surface area contributed by atoms with Crippen LogP contribution in [0.2, 0.25) is 0 Å². The Kier molecular flexibility index (Phi) is 13.9. The third-order valence-electron chi connectivity index (χ3n) is 8.63. The van der Waals surface area contributed by atoms with Gasteiger partial charge in [-0.1, -0.05) is 38.1 Å². The number of benzene rings is 2. The predicted octanol–water partition coefficient (Wildman–Crippen LogP) is 3.20. The Morgan fingerprint density at radius 2 is 0.857 bits per heavy atom.